The third kappa shape index (κ3) is 4.99. The van der Waals surface area contributed by atoms with Crippen molar-refractivity contribution in [3.63, 3.8) is 0 Å². The van der Waals surface area contributed by atoms with Crippen LogP contribution in [0.5, 0.6) is 0 Å². The van der Waals surface area contributed by atoms with E-state index in [2.05, 4.69) is 72.3 Å². The van der Waals surface area contributed by atoms with Crippen LogP contribution < -0.4 is 10.2 Å². The molecule has 0 amide bonds. The Hall–Kier alpha value is -3.52. The largest absolute Gasteiger partial charge is 0.359 e. The fourth-order valence-electron chi connectivity index (χ4n) is 2.84. The van der Waals surface area contributed by atoms with Crippen LogP contribution in [0, 0.1) is 0 Å². The molecule has 0 aliphatic rings. The molecule has 0 bridgehead atoms. The number of hydrogen-bond donors (Lipinski definition) is 1. The van der Waals surface area contributed by atoms with Gasteiger partial charge in [0.2, 0.25) is 0 Å². The molecule has 0 saturated carbocycles. The highest BCUT2D eigenvalue weighted by Gasteiger charge is 2.11. The number of para-hydroxylation sites is 3. The average Bonchev–Trinajstić information content (AvgIpc) is 2.73. The van der Waals surface area contributed by atoms with Crippen LogP contribution >= 0.6 is 0 Å². The minimum Gasteiger partial charge on any atom is -0.359 e. The molecule has 1 N–H and O–H groups in total. The third-order valence-electron chi connectivity index (χ3n) is 4.12. The standard InChI is InChI=1S/C25H24N2/c1-3-23(20-19-21(2)26-22-13-7-4-8-14-22)27(24-15-9-5-10-16-24)25-17-11-6-12-18-25/h3-20,26H,1H2,2H3/b21-19+,23-20+. The van der Waals surface area contributed by atoms with Gasteiger partial charge >= 0.3 is 0 Å². The van der Waals surface area contributed by atoms with Gasteiger partial charge in [0.25, 0.3) is 0 Å². The molecule has 0 atom stereocenters. The number of nitrogens with one attached hydrogen (secondary N) is 1. The van der Waals surface area contributed by atoms with Gasteiger partial charge in [0, 0.05) is 28.5 Å². The van der Waals surface area contributed by atoms with Crippen molar-refractivity contribution in [1.29, 1.82) is 0 Å². The number of allylic oxidation sites excluding steroid dienone is 4. The molecular weight excluding hydrogens is 328 g/mol. The molecule has 3 aromatic rings. The van der Waals surface area contributed by atoms with Gasteiger partial charge in [-0.05, 0) is 61.5 Å². The van der Waals surface area contributed by atoms with E-state index in [0.29, 0.717) is 0 Å². The van der Waals surface area contributed by atoms with E-state index < -0.39 is 0 Å². The van der Waals surface area contributed by atoms with Crippen LogP contribution in [0.4, 0.5) is 17.1 Å². The van der Waals surface area contributed by atoms with Crippen LogP contribution in [0.2, 0.25) is 0 Å². The summed E-state index contributed by atoms with van der Waals surface area (Å²) in [6, 6.07) is 30.8. The molecule has 0 radical (unpaired) electrons. The molecule has 0 aromatic heterocycles. The SMILES string of the molecule is C=C/C(=C\C=C(/C)Nc1ccccc1)N(c1ccccc1)c1ccccc1. The van der Waals surface area contributed by atoms with Gasteiger partial charge in [-0.3, -0.25) is 0 Å². The maximum absolute atomic E-state index is 4.04. The normalized spacial score (nSPS) is 11.7. The van der Waals surface area contributed by atoms with Crippen molar-refractivity contribution in [3.05, 3.63) is 127 Å². The summed E-state index contributed by atoms with van der Waals surface area (Å²) in [4.78, 5) is 2.19. The summed E-state index contributed by atoms with van der Waals surface area (Å²) < 4.78 is 0. The van der Waals surface area contributed by atoms with Gasteiger partial charge in [-0.15, -0.1) is 0 Å². The number of nitrogens with zero attached hydrogens (tertiary/aromatic N) is 1. The summed E-state index contributed by atoms with van der Waals surface area (Å²) in [5.74, 6) is 0. The highest BCUT2D eigenvalue weighted by molar-refractivity contribution is 5.70. The predicted octanol–water partition coefficient (Wildman–Crippen LogP) is 6.91. The van der Waals surface area contributed by atoms with Crippen molar-refractivity contribution in [2.75, 3.05) is 10.2 Å². The zero-order valence-corrected chi connectivity index (χ0v) is 15.5. The van der Waals surface area contributed by atoms with Crippen molar-refractivity contribution in [2.45, 2.75) is 6.92 Å². The number of anilines is 3. The first-order valence-electron chi connectivity index (χ1n) is 9.01. The highest BCUT2D eigenvalue weighted by atomic mass is 15.1. The summed E-state index contributed by atoms with van der Waals surface area (Å²) in [7, 11) is 0. The Morgan fingerprint density at radius 2 is 1.22 bits per heavy atom. The molecule has 0 unspecified atom stereocenters. The van der Waals surface area contributed by atoms with Crippen molar-refractivity contribution in [2.24, 2.45) is 0 Å². The molecule has 0 aliphatic carbocycles. The molecule has 2 heteroatoms. The summed E-state index contributed by atoms with van der Waals surface area (Å²) in [6.07, 6.45) is 6.04. The molecule has 0 spiro atoms. The molecule has 0 aliphatic heterocycles. The van der Waals surface area contributed by atoms with Gasteiger partial charge in [-0.2, -0.15) is 0 Å². The molecular formula is C25H24N2. The number of rotatable bonds is 7. The Bertz CT molecular complexity index is 871. The Morgan fingerprint density at radius 1 is 0.741 bits per heavy atom. The van der Waals surface area contributed by atoms with E-state index in [1.807, 2.05) is 60.7 Å². The molecule has 0 saturated heterocycles. The Morgan fingerprint density at radius 3 is 1.70 bits per heavy atom. The van der Waals surface area contributed by atoms with Gasteiger partial charge < -0.3 is 10.2 Å². The molecule has 3 rings (SSSR count). The first kappa shape index (κ1) is 18.3. The Labute approximate surface area is 161 Å². The monoisotopic (exact) mass is 352 g/mol. The van der Waals surface area contributed by atoms with Crippen LogP contribution in [0.3, 0.4) is 0 Å². The first-order chi connectivity index (χ1) is 13.3. The third-order valence-corrected chi connectivity index (χ3v) is 4.12. The van der Waals surface area contributed by atoms with E-state index >= 15 is 0 Å². The smallest absolute Gasteiger partial charge is 0.0461 e. The van der Waals surface area contributed by atoms with Crippen LogP contribution in [-0.4, -0.2) is 0 Å². The quantitative estimate of drug-likeness (QED) is 0.465. The van der Waals surface area contributed by atoms with Gasteiger partial charge in [0.15, 0.2) is 0 Å². The van der Waals surface area contributed by atoms with E-state index in [-0.39, 0.29) is 0 Å². The van der Waals surface area contributed by atoms with Gasteiger partial charge in [0.05, 0.1) is 0 Å². The molecule has 134 valence electrons. The minimum atomic E-state index is 1.00. The summed E-state index contributed by atoms with van der Waals surface area (Å²) in [6.45, 7) is 6.09. The van der Waals surface area contributed by atoms with E-state index in [9.17, 15) is 0 Å². The van der Waals surface area contributed by atoms with Crippen molar-refractivity contribution < 1.29 is 0 Å². The lowest BCUT2D eigenvalue weighted by molar-refractivity contribution is 1.21. The fraction of sp³-hybridized carbons (Fsp3) is 0.0400. The summed E-state index contributed by atoms with van der Waals surface area (Å²) >= 11 is 0. The summed E-state index contributed by atoms with van der Waals surface area (Å²) in [5.41, 5.74) is 5.32. The van der Waals surface area contributed by atoms with Crippen molar-refractivity contribution >= 4 is 17.1 Å². The molecule has 0 fully saturated rings. The predicted molar refractivity (Wildman–Crippen MR) is 117 cm³/mol. The Kier molecular flexibility index (Phi) is 6.26. The van der Waals surface area contributed by atoms with Crippen LogP contribution in [0.15, 0.2) is 127 Å². The maximum atomic E-state index is 4.04. The highest BCUT2D eigenvalue weighted by Crippen LogP contribution is 2.30. The number of benzene rings is 3. The van der Waals surface area contributed by atoms with Gasteiger partial charge in [-0.1, -0.05) is 61.2 Å². The van der Waals surface area contributed by atoms with E-state index in [4.69, 9.17) is 0 Å². The lowest BCUT2D eigenvalue weighted by atomic mass is 10.2. The first-order valence-corrected chi connectivity index (χ1v) is 9.01. The lowest BCUT2D eigenvalue weighted by Gasteiger charge is -2.26. The topological polar surface area (TPSA) is 15.3 Å². The van der Waals surface area contributed by atoms with Crippen LogP contribution in [0.25, 0.3) is 0 Å². The summed E-state index contributed by atoms with van der Waals surface area (Å²) in [5, 5.41) is 3.40. The fourth-order valence-corrected chi connectivity index (χ4v) is 2.84. The minimum absolute atomic E-state index is 1.00. The van der Waals surface area contributed by atoms with Gasteiger partial charge in [-0.25, -0.2) is 0 Å². The second-order valence-electron chi connectivity index (χ2n) is 6.14. The average molecular weight is 352 g/mol. The molecule has 3 aromatic carbocycles. The Balaban J connectivity index is 1.93. The zero-order chi connectivity index (χ0) is 18.9. The van der Waals surface area contributed by atoms with Crippen LogP contribution in [-0.2, 0) is 0 Å². The molecule has 2 nitrogen and oxygen atoms in total. The maximum Gasteiger partial charge on any atom is 0.0461 e. The second-order valence-corrected chi connectivity index (χ2v) is 6.14. The molecule has 27 heavy (non-hydrogen) atoms. The zero-order valence-electron chi connectivity index (χ0n) is 15.5. The number of hydrogen-bond acceptors (Lipinski definition) is 2. The van der Waals surface area contributed by atoms with Crippen LogP contribution in [0.1, 0.15) is 6.92 Å². The van der Waals surface area contributed by atoms with Gasteiger partial charge in [0.1, 0.15) is 0 Å². The van der Waals surface area contributed by atoms with E-state index in [1.54, 1.807) is 0 Å². The van der Waals surface area contributed by atoms with Crippen molar-refractivity contribution in [1.82, 2.24) is 0 Å². The van der Waals surface area contributed by atoms with E-state index in [0.717, 1.165) is 28.5 Å². The van der Waals surface area contributed by atoms with E-state index in [1.165, 1.54) is 0 Å². The lowest BCUT2D eigenvalue weighted by Crippen LogP contribution is -2.14. The second kappa shape index (κ2) is 9.25. The van der Waals surface area contributed by atoms with Crippen molar-refractivity contribution in [3.8, 4) is 0 Å². The molecule has 0 heterocycles.